The summed E-state index contributed by atoms with van der Waals surface area (Å²) in [7, 11) is 0. The average Bonchev–Trinajstić information content (AvgIpc) is 3.56. The predicted octanol–water partition coefficient (Wildman–Crippen LogP) is 11.0. The molecule has 0 atom stereocenters. The third-order valence-electron chi connectivity index (χ3n) is 9.80. The zero-order chi connectivity index (χ0) is 31.7. The molecule has 5 aromatic carbocycles. The molecule has 2 aliphatic rings. The molecule has 2 heterocycles. The largest absolute Gasteiger partial charge is 0.309 e. The van der Waals surface area contributed by atoms with Crippen LogP contribution >= 0.6 is 11.6 Å². The van der Waals surface area contributed by atoms with Crippen LogP contribution in [0.2, 0.25) is 5.02 Å². The van der Waals surface area contributed by atoms with Gasteiger partial charge in [0.15, 0.2) is 17.5 Å². The smallest absolute Gasteiger partial charge is 0.164 e. The van der Waals surface area contributed by atoms with Crippen molar-refractivity contribution >= 4 is 39.0 Å². The van der Waals surface area contributed by atoms with Crippen molar-refractivity contribution in [3.63, 3.8) is 0 Å². The molecule has 0 N–H and O–H groups in total. The molecule has 0 spiro atoms. The quantitative estimate of drug-likeness (QED) is 0.195. The Labute approximate surface area is 278 Å². The second-order valence-electron chi connectivity index (χ2n) is 13.0. The first-order chi connectivity index (χ1) is 23.0. The van der Waals surface area contributed by atoms with Gasteiger partial charge in [-0.05, 0) is 65.9 Å². The minimum absolute atomic E-state index is 0.0308. The topological polar surface area (TPSA) is 43.6 Å². The highest BCUT2D eigenvalue weighted by Gasteiger charge is 2.38. The standard InChI is InChI=1S/C42H31ClN4/c1-42(2)35-19-11-9-17-31(35)33-24-34-32-18-10-12-20-37(32)47(38(34)25-36(33)42)30-22-28(21-29(43)23-30)41-45-39(26-13-5-3-6-14-26)44-40(46-41)27-15-7-4-8-16-27/h3-10,12-18,20-25H,11,19H2,1-2H3. The average molecular weight is 627 g/mol. The molecule has 7 aromatic rings. The van der Waals surface area contributed by atoms with Crippen molar-refractivity contribution in [1.82, 2.24) is 19.5 Å². The number of nitrogens with zero attached hydrogens (tertiary/aromatic N) is 4. The molecule has 9 rings (SSSR count). The molecular weight excluding hydrogens is 596 g/mol. The van der Waals surface area contributed by atoms with Gasteiger partial charge in [-0.15, -0.1) is 0 Å². The number of rotatable bonds is 4. The third-order valence-corrected chi connectivity index (χ3v) is 10.0. The van der Waals surface area contributed by atoms with E-state index < -0.39 is 0 Å². The van der Waals surface area contributed by atoms with Crippen molar-refractivity contribution in [2.45, 2.75) is 32.1 Å². The van der Waals surface area contributed by atoms with Crippen LogP contribution in [0.1, 0.15) is 37.8 Å². The highest BCUT2D eigenvalue weighted by Crippen LogP contribution is 2.52. The first-order valence-corrected chi connectivity index (χ1v) is 16.5. The van der Waals surface area contributed by atoms with Gasteiger partial charge in [-0.3, -0.25) is 0 Å². The Balaban J connectivity index is 1.27. The van der Waals surface area contributed by atoms with E-state index in [1.807, 2.05) is 72.8 Å². The molecule has 5 heteroatoms. The molecule has 0 aliphatic heterocycles. The maximum atomic E-state index is 6.96. The molecule has 2 aliphatic carbocycles. The predicted molar refractivity (Wildman–Crippen MR) is 194 cm³/mol. The molecule has 0 bridgehead atoms. The van der Waals surface area contributed by atoms with Crippen molar-refractivity contribution < 1.29 is 0 Å². The van der Waals surface area contributed by atoms with Gasteiger partial charge in [0.1, 0.15) is 0 Å². The number of halogens is 1. The van der Waals surface area contributed by atoms with Gasteiger partial charge in [-0.25, -0.2) is 15.0 Å². The Hall–Kier alpha value is -5.32. The van der Waals surface area contributed by atoms with Crippen LogP contribution in [0.3, 0.4) is 0 Å². The van der Waals surface area contributed by atoms with E-state index in [9.17, 15) is 0 Å². The summed E-state index contributed by atoms with van der Waals surface area (Å²) in [5, 5.41) is 3.08. The van der Waals surface area contributed by atoms with Crippen LogP contribution in [0.5, 0.6) is 0 Å². The monoisotopic (exact) mass is 626 g/mol. The van der Waals surface area contributed by atoms with Gasteiger partial charge >= 0.3 is 0 Å². The molecule has 0 radical (unpaired) electrons. The maximum Gasteiger partial charge on any atom is 0.164 e. The second-order valence-corrected chi connectivity index (χ2v) is 13.4. The van der Waals surface area contributed by atoms with E-state index in [0.717, 1.165) is 40.7 Å². The van der Waals surface area contributed by atoms with Gasteiger partial charge in [0.25, 0.3) is 0 Å². The van der Waals surface area contributed by atoms with E-state index in [-0.39, 0.29) is 5.41 Å². The summed E-state index contributed by atoms with van der Waals surface area (Å²) >= 11 is 6.96. The SMILES string of the molecule is CC1(C)C2=C(C=CCC2)c2cc3c4ccccc4n(-c4cc(Cl)cc(-c5nc(-c6ccccc6)nc(-c6ccccc6)n5)c4)c3cc21. The Kier molecular flexibility index (Phi) is 6.31. The van der Waals surface area contributed by atoms with Crippen molar-refractivity contribution in [2.75, 3.05) is 0 Å². The second kappa shape index (κ2) is 10.6. The number of benzene rings is 5. The molecule has 226 valence electrons. The highest BCUT2D eigenvalue weighted by molar-refractivity contribution is 6.31. The first kappa shape index (κ1) is 27.9. The van der Waals surface area contributed by atoms with Crippen LogP contribution in [0.15, 0.2) is 133 Å². The van der Waals surface area contributed by atoms with Crippen LogP contribution < -0.4 is 0 Å². The fourth-order valence-electron chi connectivity index (χ4n) is 7.53. The summed E-state index contributed by atoms with van der Waals surface area (Å²) in [6.45, 7) is 4.75. The lowest BCUT2D eigenvalue weighted by atomic mass is 9.78. The Bertz CT molecular complexity index is 2380. The fraction of sp³-hybridized carbons (Fsp3) is 0.119. The van der Waals surface area contributed by atoms with E-state index in [1.54, 1.807) is 5.57 Å². The van der Waals surface area contributed by atoms with E-state index in [1.165, 1.54) is 33.0 Å². The summed E-state index contributed by atoms with van der Waals surface area (Å²) in [5.41, 5.74) is 11.6. The molecule has 0 saturated heterocycles. The highest BCUT2D eigenvalue weighted by atomic mass is 35.5. The van der Waals surface area contributed by atoms with E-state index in [2.05, 4.69) is 73.0 Å². The van der Waals surface area contributed by atoms with Gasteiger partial charge < -0.3 is 4.57 Å². The van der Waals surface area contributed by atoms with Crippen LogP contribution in [-0.4, -0.2) is 19.5 Å². The molecular formula is C42H31ClN4. The van der Waals surface area contributed by atoms with Crippen LogP contribution in [-0.2, 0) is 5.41 Å². The normalized spacial score (nSPS) is 15.0. The summed E-state index contributed by atoms with van der Waals surface area (Å²) in [4.78, 5) is 14.9. The van der Waals surface area contributed by atoms with Crippen LogP contribution in [0, 0.1) is 0 Å². The lowest BCUT2D eigenvalue weighted by Gasteiger charge is -2.25. The van der Waals surface area contributed by atoms with Crippen molar-refractivity contribution in [1.29, 1.82) is 0 Å². The van der Waals surface area contributed by atoms with Crippen molar-refractivity contribution in [3.05, 3.63) is 149 Å². The third kappa shape index (κ3) is 4.47. The Morgan fingerprint density at radius 2 is 1.28 bits per heavy atom. The minimum Gasteiger partial charge on any atom is -0.309 e. The fourth-order valence-corrected chi connectivity index (χ4v) is 7.76. The van der Waals surface area contributed by atoms with Crippen LogP contribution in [0.25, 0.3) is 67.2 Å². The van der Waals surface area contributed by atoms with E-state index >= 15 is 0 Å². The summed E-state index contributed by atoms with van der Waals surface area (Å²) < 4.78 is 2.35. The number of fused-ring (bicyclic) bond motifs is 5. The summed E-state index contributed by atoms with van der Waals surface area (Å²) in [6.07, 6.45) is 6.87. The molecule has 0 fully saturated rings. The number of aromatic nitrogens is 4. The van der Waals surface area contributed by atoms with Gasteiger partial charge in [0.05, 0.1) is 11.0 Å². The number of para-hydroxylation sites is 1. The zero-order valence-corrected chi connectivity index (χ0v) is 27.0. The van der Waals surface area contributed by atoms with Gasteiger partial charge in [0, 0.05) is 43.6 Å². The molecule has 47 heavy (non-hydrogen) atoms. The van der Waals surface area contributed by atoms with Crippen LogP contribution in [0.4, 0.5) is 0 Å². The first-order valence-electron chi connectivity index (χ1n) is 16.1. The maximum absolute atomic E-state index is 6.96. The molecule has 2 aromatic heterocycles. The molecule has 0 saturated carbocycles. The minimum atomic E-state index is -0.0308. The van der Waals surface area contributed by atoms with E-state index in [4.69, 9.17) is 26.6 Å². The van der Waals surface area contributed by atoms with Gasteiger partial charge in [0.2, 0.25) is 0 Å². The Morgan fingerprint density at radius 3 is 1.98 bits per heavy atom. The van der Waals surface area contributed by atoms with Crippen molar-refractivity contribution in [2.24, 2.45) is 0 Å². The lowest BCUT2D eigenvalue weighted by Crippen LogP contribution is -2.17. The summed E-state index contributed by atoms with van der Waals surface area (Å²) in [6, 6.07) is 39.7. The van der Waals surface area contributed by atoms with E-state index in [0.29, 0.717) is 22.5 Å². The van der Waals surface area contributed by atoms with Gasteiger partial charge in [-0.2, -0.15) is 0 Å². The number of allylic oxidation sites excluding steroid dienone is 4. The molecule has 4 nitrogen and oxygen atoms in total. The van der Waals surface area contributed by atoms with Gasteiger partial charge in [-0.1, -0.05) is 122 Å². The van der Waals surface area contributed by atoms with Crippen molar-refractivity contribution in [3.8, 4) is 39.9 Å². The molecule has 0 unspecified atom stereocenters. The summed E-state index contributed by atoms with van der Waals surface area (Å²) in [5.74, 6) is 1.82. The zero-order valence-electron chi connectivity index (χ0n) is 26.2. The lowest BCUT2D eigenvalue weighted by molar-refractivity contribution is 0.608. The number of hydrogen-bond donors (Lipinski definition) is 0. The Morgan fingerprint density at radius 1 is 0.638 bits per heavy atom. The molecule has 0 amide bonds. The number of hydrogen-bond acceptors (Lipinski definition) is 3.